The van der Waals surface area contributed by atoms with Crippen LogP contribution in [0.25, 0.3) is 5.41 Å². The third-order valence-electron chi connectivity index (χ3n) is 4.47. The van der Waals surface area contributed by atoms with E-state index in [0.29, 0.717) is 18.4 Å². The monoisotopic (exact) mass is 290 g/mol. The van der Waals surface area contributed by atoms with Crippen molar-refractivity contribution in [2.75, 3.05) is 19.6 Å². The van der Waals surface area contributed by atoms with Gasteiger partial charge in [-0.1, -0.05) is 19.1 Å². The topological polar surface area (TPSA) is 79.6 Å². The summed E-state index contributed by atoms with van der Waals surface area (Å²) in [6, 6.07) is 2.09. The van der Waals surface area contributed by atoms with Crippen molar-refractivity contribution in [2.45, 2.75) is 26.2 Å². The Morgan fingerprint density at radius 3 is 2.70 bits per heavy atom. The van der Waals surface area contributed by atoms with Gasteiger partial charge >= 0.3 is 0 Å². The highest BCUT2D eigenvalue weighted by atomic mass is 32.1. The van der Waals surface area contributed by atoms with Crippen LogP contribution >= 0.6 is 12.2 Å². The smallest absolute Gasteiger partial charge is 0.243 e. The van der Waals surface area contributed by atoms with Gasteiger partial charge in [0.15, 0.2) is 0 Å². The molecule has 106 valence electrons. The van der Waals surface area contributed by atoms with Crippen molar-refractivity contribution in [3.63, 3.8) is 0 Å². The molecule has 2 aliphatic rings. The molecule has 0 aliphatic carbocycles. The maximum atomic E-state index is 12.0. The minimum Gasteiger partial charge on any atom is -0.763 e. The number of piperidine rings is 2. The number of likely N-dealkylation sites (tertiary alicyclic amines) is 1. The molecule has 6 heteroatoms. The summed E-state index contributed by atoms with van der Waals surface area (Å²) in [6.07, 6.45) is 2.46. The van der Waals surface area contributed by atoms with E-state index < -0.39 is 11.3 Å². The fraction of sp³-hybridized carbons (Fsp3) is 0.643. The van der Waals surface area contributed by atoms with Crippen molar-refractivity contribution < 1.29 is 9.69 Å². The standard InChI is InChI=1S/C14H17N4OS/c1-2-5-18-6-3-14(4-7-18)10(8-15)12(19)17-13(20)11(14)9-16/h10H,2-7H2,1H3,(H,17,19,20)/q-1/p+1. The first kappa shape index (κ1) is 14.9. The second-order valence-corrected chi connectivity index (χ2v) is 5.93. The van der Waals surface area contributed by atoms with Gasteiger partial charge in [0.25, 0.3) is 0 Å². The van der Waals surface area contributed by atoms with E-state index >= 15 is 0 Å². The molecule has 2 saturated heterocycles. The Morgan fingerprint density at radius 1 is 1.55 bits per heavy atom. The number of nitrogens with one attached hydrogen (secondary N) is 2. The number of rotatable bonds is 2. The molecule has 2 aliphatic heterocycles. The Kier molecular flexibility index (Phi) is 4.34. The van der Waals surface area contributed by atoms with Gasteiger partial charge in [0, 0.05) is 23.8 Å². The molecule has 5 nitrogen and oxygen atoms in total. The highest BCUT2D eigenvalue weighted by molar-refractivity contribution is 7.80. The molecule has 2 fully saturated rings. The fourth-order valence-corrected chi connectivity index (χ4v) is 3.75. The van der Waals surface area contributed by atoms with Crippen molar-refractivity contribution in [1.29, 1.82) is 5.26 Å². The van der Waals surface area contributed by atoms with Crippen LogP contribution in [-0.2, 0) is 4.79 Å². The van der Waals surface area contributed by atoms with Crippen LogP contribution in [0.4, 0.5) is 0 Å². The van der Waals surface area contributed by atoms with Gasteiger partial charge in [-0.05, 0) is 6.42 Å². The maximum absolute atomic E-state index is 12.0. The number of carbonyl (C=O) groups is 1. The van der Waals surface area contributed by atoms with Gasteiger partial charge in [-0.15, -0.1) is 0 Å². The average Bonchev–Trinajstić information content (AvgIpc) is 2.42. The zero-order valence-electron chi connectivity index (χ0n) is 11.5. The van der Waals surface area contributed by atoms with Crippen LogP contribution in [0.15, 0.2) is 5.57 Å². The molecule has 0 aromatic carbocycles. The molecule has 2 rings (SSSR count). The van der Waals surface area contributed by atoms with Crippen LogP contribution in [0.2, 0.25) is 0 Å². The van der Waals surface area contributed by atoms with E-state index in [4.69, 9.17) is 12.2 Å². The number of amides is 1. The Labute approximate surface area is 124 Å². The SMILES string of the molecule is CCC[NH+]1CCC2(CC1)C(=C=[N-])C(=S)NC(=O)C2C#N. The number of carbonyl (C=O) groups excluding carboxylic acids is 1. The van der Waals surface area contributed by atoms with Gasteiger partial charge in [-0.25, -0.2) is 0 Å². The maximum Gasteiger partial charge on any atom is 0.243 e. The largest absolute Gasteiger partial charge is 0.763 e. The van der Waals surface area contributed by atoms with Crippen LogP contribution in [0.5, 0.6) is 0 Å². The lowest BCUT2D eigenvalue weighted by Gasteiger charge is -2.45. The number of thiocarbonyl (C=S) groups is 1. The summed E-state index contributed by atoms with van der Waals surface area (Å²) in [5, 5.41) is 21.3. The minimum absolute atomic E-state index is 0.211. The van der Waals surface area contributed by atoms with Gasteiger partial charge in [-0.2, -0.15) is 5.26 Å². The predicted molar refractivity (Wildman–Crippen MR) is 79.2 cm³/mol. The highest BCUT2D eigenvalue weighted by Crippen LogP contribution is 2.44. The second kappa shape index (κ2) is 5.84. The molecule has 1 spiro atoms. The third kappa shape index (κ3) is 2.29. The van der Waals surface area contributed by atoms with Crippen LogP contribution < -0.4 is 10.2 Å². The van der Waals surface area contributed by atoms with Crippen LogP contribution in [0.1, 0.15) is 26.2 Å². The Morgan fingerprint density at radius 2 is 2.20 bits per heavy atom. The molecular weight excluding hydrogens is 272 g/mol. The average molecular weight is 290 g/mol. The molecular formula is C14H18N4OS. The molecule has 0 aromatic rings. The first-order valence-corrected chi connectivity index (χ1v) is 7.35. The molecule has 2 N–H and O–H groups in total. The predicted octanol–water partition coefficient (Wildman–Crippen LogP) is -0.176. The van der Waals surface area contributed by atoms with E-state index in [1.807, 2.05) is 0 Å². The number of nitrogens with zero attached hydrogens (tertiary/aromatic N) is 2. The summed E-state index contributed by atoms with van der Waals surface area (Å²) in [7, 11) is 0. The summed E-state index contributed by atoms with van der Waals surface area (Å²) in [5.74, 6) is 0.996. The van der Waals surface area contributed by atoms with Crippen molar-refractivity contribution >= 4 is 29.0 Å². The van der Waals surface area contributed by atoms with E-state index in [0.717, 1.165) is 26.1 Å². The molecule has 0 radical (unpaired) electrons. The second-order valence-electron chi connectivity index (χ2n) is 5.52. The summed E-state index contributed by atoms with van der Waals surface area (Å²) < 4.78 is 0. The lowest BCUT2D eigenvalue weighted by Crippen LogP contribution is -3.13. The van der Waals surface area contributed by atoms with Crippen molar-refractivity contribution in [3.8, 4) is 6.07 Å². The lowest BCUT2D eigenvalue weighted by atomic mass is 9.62. The minimum atomic E-state index is -0.799. The van der Waals surface area contributed by atoms with Crippen LogP contribution in [0.3, 0.4) is 0 Å². The zero-order chi connectivity index (χ0) is 14.8. The normalized spacial score (nSPS) is 33.5. The summed E-state index contributed by atoms with van der Waals surface area (Å²) in [4.78, 5) is 13.7. The van der Waals surface area contributed by atoms with E-state index in [2.05, 4.69) is 24.2 Å². The van der Waals surface area contributed by atoms with E-state index in [9.17, 15) is 15.5 Å². The van der Waals surface area contributed by atoms with Gasteiger partial charge in [0.1, 0.15) is 10.9 Å². The summed E-state index contributed by atoms with van der Waals surface area (Å²) in [6.45, 7) is 5.00. The molecule has 0 aromatic heterocycles. The number of quaternary nitrogens is 1. The Hall–Kier alpha value is -1.54. The first-order chi connectivity index (χ1) is 9.58. The third-order valence-corrected chi connectivity index (χ3v) is 4.78. The first-order valence-electron chi connectivity index (χ1n) is 6.95. The van der Waals surface area contributed by atoms with Crippen molar-refractivity contribution in [3.05, 3.63) is 11.0 Å². The van der Waals surface area contributed by atoms with Gasteiger partial charge in [0.2, 0.25) is 5.91 Å². The molecule has 2 heterocycles. The van der Waals surface area contributed by atoms with Crippen LogP contribution in [-0.4, -0.2) is 36.4 Å². The van der Waals surface area contributed by atoms with Gasteiger partial charge < -0.3 is 15.6 Å². The lowest BCUT2D eigenvalue weighted by molar-refractivity contribution is -0.907. The Balaban J connectivity index is 2.34. The van der Waals surface area contributed by atoms with Gasteiger partial charge in [0.05, 0.1) is 25.7 Å². The zero-order valence-corrected chi connectivity index (χ0v) is 12.3. The van der Waals surface area contributed by atoms with Crippen molar-refractivity contribution in [2.24, 2.45) is 11.3 Å². The van der Waals surface area contributed by atoms with Crippen LogP contribution in [0, 0.1) is 22.7 Å². The van der Waals surface area contributed by atoms with E-state index in [-0.39, 0.29) is 10.9 Å². The number of hydrogen-bond acceptors (Lipinski definition) is 3. The summed E-state index contributed by atoms with van der Waals surface area (Å²) in [5.41, 5.74) is -0.241. The highest BCUT2D eigenvalue weighted by Gasteiger charge is 2.53. The summed E-state index contributed by atoms with van der Waals surface area (Å²) >= 11 is 5.13. The molecule has 1 atom stereocenters. The number of hydrogen-bond donors (Lipinski definition) is 2. The quantitative estimate of drug-likeness (QED) is 0.421. The molecule has 0 saturated carbocycles. The number of nitriles is 1. The molecule has 1 amide bonds. The van der Waals surface area contributed by atoms with Gasteiger partial charge in [-0.3, -0.25) is 10.7 Å². The van der Waals surface area contributed by atoms with Crippen molar-refractivity contribution in [1.82, 2.24) is 5.32 Å². The van der Waals surface area contributed by atoms with E-state index in [1.54, 1.807) is 0 Å². The fourth-order valence-electron chi connectivity index (χ4n) is 3.40. The molecule has 1 unspecified atom stereocenters. The molecule has 20 heavy (non-hydrogen) atoms. The van der Waals surface area contributed by atoms with E-state index in [1.165, 1.54) is 4.90 Å². The Bertz CT molecular complexity index is 522. The molecule has 0 bridgehead atoms.